The highest BCUT2D eigenvalue weighted by atomic mass is 16.5. The lowest BCUT2D eigenvalue weighted by molar-refractivity contribution is 0.00773. The Morgan fingerprint density at radius 2 is 2.25 bits per heavy atom. The van der Waals surface area contributed by atoms with Gasteiger partial charge >= 0.3 is 5.97 Å². The maximum Gasteiger partial charge on any atom is 0.355 e. The number of ether oxygens (including phenoxy) is 1. The van der Waals surface area contributed by atoms with Gasteiger partial charge in [0.25, 0.3) is 0 Å². The van der Waals surface area contributed by atoms with Gasteiger partial charge in [0, 0.05) is 12.2 Å². The lowest BCUT2D eigenvalue weighted by Crippen LogP contribution is -2.26. The molecule has 4 heteroatoms. The Kier molecular flexibility index (Phi) is 2.90. The number of hydrogen-bond donors (Lipinski definition) is 1. The molecule has 0 unspecified atom stereocenters. The quantitative estimate of drug-likeness (QED) is 0.799. The molecule has 1 heterocycles. The van der Waals surface area contributed by atoms with Crippen LogP contribution in [0.25, 0.3) is 0 Å². The van der Waals surface area contributed by atoms with Crippen molar-refractivity contribution in [2.75, 3.05) is 5.73 Å². The molecular formula is C12H18N2O2. The minimum Gasteiger partial charge on any atom is -0.458 e. The van der Waals surface area contributed by atoms with Crippen LogP contribution in [0.3, 0.4) is 0 Å². The van der Waals surface area contributed by atoms with Gasteiger partial charge in [-0.25, -0.2) is 4.79 Å². The molecule has 1 saturated carbocycles. The van der Waals surface area contributed by atoms with Crippen molar-refractivity contribution in [3.05, 3.63) is 18.0 Å². The van der Waals surface area contributed by atoms with E-state index in [1.54, 1.807) is 12.3 Å². The number of aromatic nitrogens is 1. The standard InChI is InChI=1S/C12H18N2O2/c1-8(2)14-7-9(13)6-11(14)12(15)16-10-4-3-5-10/h6-8,10H,3-5,13H2,1-2H3. The number of carbonyl (C=O) groups excluding carboxylic acids is 1. The lowest BCUT2D eigenvalue weighted by Gasteiger charge is -2.25. The summed E-state index contributed by atoms with van der Waals surface area (Å²) in [6.45, 7) is 4.03. The summed E-state index contributed by atoms with van der Waals surface area (Å²) in [4.78, 5) is 11.9. The Hall–Kier alpha value is -1.45. The monoisotopic (exact) mass is 222 g/mol. The maximum atomic E-state index is 11.9. The third kappa shape index (κ3) is 2.05. The molecule has 88 valence electrons. The summed E-state index contributed by atoms with van der Waals surface area (Å²) in [6, 6.07) is 1.89. The SMILES string of the molecule is CC(C)n1cc(N)cc1C(=O)OC1CCC1. The third-order valence-electron chi connectivity index (χ3n) is 2.96. The largest absolute Gasteiger partial charge is 0.458 e. The van der Waals surface area contributed by atoms with Crippen LogP contribution in [0.2, 0.25) is 0 Å². The zero-order chi connectivity index (χ0) is 11.7. The number of carbonyl (C=O) groups is 1. The van der Waals surface area contributed by atoms with Gasteiger partial charge in [-0.15, -0.1) is 0 Å². The van der Waals surface area contributed by atoms with Gasteiger partial charge in [-0.05, 0) is 39.2 Å². The van der Waals surface area contributed by atoms with Gasteiger partial charge in [0.15, 0.2) is 0 Å². The summed E-state index contributed by atoms with van der Waals surface area (Å²) in [7, 11) is 0. The molecule has 0 saturated heterocycles. The molecule has 16 heavy (non-hydrogen) atoms. The Bertz CT molecular complexity index is 392. The van der Waals surface area contributed by atoms with E-state index in [1.165, 1.54) is 0 Å². The Labute approximate surface area is 95.4 Å². The number of esters is 1. The lowest BCUT2D eigenvalue weighted by atomic mass is 9.96. The Balaban J connectivity index is 2.14. The number of hydrogen-bond acceptors (Lipinski definition) is 3. The molecule has 1 aliphatic rings. The zero-order valence-corrected chi connectivity index (χ0v) is 9.77. The van der Waals surface area contributed by atoms with Gasteiger partial charge in [0.2, 0.25) is 0 Å². The first-order valence-electron chi connectivity index (χ1n) is 5.76. The molecule has 2 rings (SSSR count). The van der Waals surface area contributed by atoms with Crippen molar-refractivity contribution in [3.63, 3.8) is 0 Å². The molecule has 0 amide bonds. The summed E-state index contributed by atoms with van der Waals surface area (Å²) in [6.07, 6.45) is 5.03. The van der Waals surface area contributed by atoms with Crippen LogP contribution in [0.4, 0.5) is 5.69 Å². The van der Waals surface area contributed by atoms with Gasteiger partial charge in [-0.3, -0.25) is 0 Å². The van der Waals surface area contributed by atoms with E-state index in [-0.39, 0.29) is 18.1 Å². The smallest absolute Gasteiger partial charge is 0.355 e. The third-order valence-corrected chi connectivity index (χ3v) is 2.96. The highest BCUT2D eigenvalue weighted by molar-refractivity contribution is 5.89. The normalized spacial score (nSPS) is 16.2. The van der Waals surface area contributed by atoms with E-state index in [1.807, 2.05) is 18.4 Å². The van der Waals surface area contributed by atoms with E-state index < -0.39 is 0 Å². The van der Waals surface area contributed by atoms with E-state index in [2.05, 4.69) is 0 Å². The van der Waals surface area contributed by atoms with Crippen molar-refractivity contribution in [2.45, 2.75) is 45.3 Å². The van der Waals surface area contributed by atoms with Crippen LogP contribution in [0.15, 0.2) is 12.3 Å². The second-order valence-electron chi connectivity index (χ2n) is 4.62. The van der Waals surface area contributed by atoms with Gasteiger partial charge in [0.1, 0.15) is 11.8 Å². The predicted octanol–water partition coefficient (Wildman–Crippen LogP) is 2.36. The van der Waals surface area contributed by atoms with Crippen LogP contribution in [0.5, 0.6) is 0 Å². The van der Waals surface area contributed by atoms with Crippen molar-refractivity contribution < 1.29 is 9.53 Å². The van der Waals surface area contributed by atoms with Crippen LogP contribution < -0.4 is 5.73 Å². The summed E-state index contributed by atoms with van der Waals surface area (Å²) in [5.74, 6) is -0.255. The molecule has 2 N–H and O–H groups in total. The van der Waals surface area contributed by atoms with E-state index in [9.17, 15) is 4.79 Å². The van der Waals surface area contributed by atoms with Gasteiger partial charge < -0.3 is 15.0 Å². The summed E-state index contributed by atoms with van der Waals surface area (Å²) < 4.78 is 7.22. The first-order valence-corrected chi connectivity index (χ1v) is 5.76. The first kappa shape index (κ1) is 11.0. The minimum atomic E-state index is -0.255. The molecule has 0 atom stereocenters. The van der Waals surface area contributed by atoms with Gasteiger partial charge in [0.05, 0.1) is 5.69 Å². The van der Waals surface area contributed by atoms with Crippen molar-refractivity contribution in [2.24, 2.45) is 0 Å². The first-order chi connectivity index (χ1) is 7.58. The average molecular weight is 222 g/mol. The Morgan fingerprint density at radius 3 is 2.75 bits per heavy atom. The second kappa shape index (κ2) is 4.20. The van der Waals surface area contributed by atoms with E-state index >= 15 is 0 Å². The molecule has 1 aromatic heterocycles. The molecule has 1 aromatic rings. The molecular weight excluding hydrogens is 204 g/mol. The van der Waals surface area contributed by atoms with Gasteiger partial charge in [-0.2, -0.15) is 0 Å². The van der Waals surface area contributed by atoms with Crippen molar-refractivity contribution in [3.8, 4) is 0 Å². The van der Waals surface area contributed by atoms with Crippen LogP contribution in [0.1, 0.15) is 49.6 Å². The molecule has 0 spiro atoms. The van der Waals surface area contributed by atoms with Gasteiger partial charge in [-0.1, -0.05) is 0 Å². The molecule has 0 radical (unpaired) electrons. The minimum absolute atomic E-state index is 0.115. The van der Waals surface area contributed by atoms with Crippen LogP contribution >= 0.6 is 0 Å². The molecule has 1 aliphatic carbocycles. The number of nitrogens with zero attached hydrogens (tertiary/aromatic N) is 1. The number of nitrogens with two attached hydrogens (primary N) is 1. The van der Waals surface area contributed by atoms with E-state index in [0.717, 1.165) is 19.3 Å². The highest BCUT2D eigenvalue weighted by Crippen LogP contribution is 2.24. The molecule has 4 nitrogen and oxygen atoms in total. The molecule has 0 aromatic carbocycles. The van der Waals surface area contributed by atoms with Crippen molar-refractivity contribution in [1.29, 1.82) is 0 Å². The molecule has 0 bridgehead atoms. The fourth-order valence-corrected chi connectivity index (χ4v) is 1.79. The summed E-state index contributed by atoms with van der Waals surface area (Å²) in [5, 5.41) is 0. The number of nitrogen functional groups attached to an aromatic ring is 1. The maximum absolute atomic E-state index is 11.9. The fourth-order valence-electron chi connectivity index (χ4n) is 1.79. The van der Waals surface area contributed by atoms with Crippen molar-refractivity contribution in [1.82, 2.24) is 4.57 Å². The van der Waals surface area contributed by atoms with Crippen LogP contribution in [-0.2, 0) is 4.74 Å². The molecule has 0 aliphatic heterocycles. The Morgan fingerprint density at radius 1 is 1.56 bits per heavy atom. The molecule has 1 fully saturated rings. The van der Waals surface area contributed by atoms with Crippen LogP contribution in [-0.4, -0.2) is 16.6 Å². The van der Waals surface area contributed by atoms with Crippen molar-refractivity contribution >= 4 is 11.7 Å². The second-order valence-corrected chi connectivity index (χ2v) is 4.62. The predicted molar refractivity (Wildman–Crippen MR) is 62.3 cm³/mol. The zero-order valence-electron chi connectivity index (χ0n) is 9.77. The average Bonchev–Trinajstić information content (AvgIpc) is 2.53. The van der Waals surface area contributed by atoms with Crippen LogP contribution in [0, 0.1) is 0 Å². The topological polar surface area (TPSA) is 57.2 Å². The summed E-state index contributed by atoms with van der Waals surface area (Å²) >= 11 is 0. The van der Waals surface area contributed by atoms with E-state index in [4.69, 9.17) is 10.5 Å². The summed E-state index contributed by atoms with van der Waals surface area (Å²) in [5.41, 5.74) is 6.86. The number of rotatable bonds is 3. The fraction of sp³-hybridized carbons (Fsp3) is 0.583. The van der Waals surface area contributed by atoms with E-state index in [0.29, 0.717) is 11.4 Å². The highest BCUT2D eigenvalue weighted by Gasteiger charge is 2.24. The number of anilines is 1.